The Kier molecular flexibility index (Phi) is 2.92. The Morgan fingerprint density at radius 3 is 2.41 bits per heavy atom. The van der Waals surface area contributed by atoms with E-state index in [1.165, 1.54) is 30.3 Å². The Hall–Kier alpha value is -0.870. The standard InChI is InChI=1S/C15H11IS/c1-10-2-4-11(5-3-10)12-6-7-15-13(8-12)14(16)9-17-15/h2-9H,1H3. The van der Waals surface area contributed by atoms with E-state index < -0.39 is 0 Å². The molecule has 84 valence electrons. The van der Waals surface area contributed by atoms with E-state index in [4.69, 9.17) is 0 Å². The van der Waals surface area contributed by atoms with Crippen LogP contribution in [0.2, 0.25) is 0 Å². The van der Waals surface area contributed by atoms with Crippen LogP contribution in [0.25, 0.3) is 21.2 Å². The molecule has 0 saturated carbocycles. The van der Waals surface area contributed by atoms with Crippen LogP contribution < -0.4 is 0 Å². The van der Waals surface area contributed by atoms with Crippen LogP contribution in [0.3, 0.4) is 0 Å². The lowest BCUT2D eigenvalue weighted by Gasteiger charge is -2.03. The smallest absolute Gasteiger partial charge is 0.0354 e. The zero-order valence-corrected chi connectivity index (χ0v) is 12.4. The highest BCUT2D eigenvalue weighted by Crippen LogP contribution is 2.31. The first kappa shape index (κ1) is 11.2. The van der Waals surface area contributed by atoms with Gasteiger partial charge in [-0.1, -0.05) is 35.9 Å². The second-order valence-corrected chi connectivity index (χ2v) is 6.23. The molecule has 0 nitrogen and oxygen atoms in total. The van der Waals surface area contributed by atoms with E-state index in [1.807, 2.05) is 11.3 Å². The molecule has 3 aromatic rings. The molecule has 0 aliphatic rings. The van der Waals surface area contributed by atoms with Crippen LogP contribution in [-0.4, -0.2) is 0 Å². The summed E-state index contributed by atoms with van der Waals surface area (Å²) in [6, 6.07) is 15.4. The third-order valence-electron chi connectivity index (χ3n) is 2.91. The molecule has 0 aliphatic carbocycles. The van der Waals surface area contributed by atoms with E-state index in [0.29, 0.717) is 0 Å². The van der Waals surface area contributed by atoms with Gasteiger partial charge >= 0.3 is 0 Å². The maximum atomic E-state index is 2.41. The quantitative estimate of drug-likeness (QED) is 0.510. The third-order valence-corrected chi connectivity index (χ3v) is 5.19. The predicted molar refractivity (Wildman–Crippen MR) is 84.7 cm³/mol. The van der Waals surface area contributed by atoms with Gasteiger partial charge in [-0.3, -0.25) is 0 Å². The average molecular weight is 350 g/mol. The monoisotopic (exact) mass is 350 g/mol. The first-order valence-electron chi connectivity index (χ1n) is 5.48. The summed E-state index contributed by atoms with van der Waals surface area (Å²) in [4.78, 5) is 0. The Labute approximate surface area is 118 Å². The van der Waals surface area contributed by atoms with Crippen molar-refractivity contribution in [2.45, 2.75) is 6.92 Å². The van der Waals surface area contributed by atoms with Crippen molar-refractivity contribution in [3.8, 4) is 11.1 Å². The van der Waals surface area contributed by atoms with Gasteiger partial charge in [0.15, 0.2) is 0 Å². The Bertz CT molecular complexity index is 665. The lowest BCUT2D eigenvalue weighted by Crippen LogP contribution is -1.78. The van der Waals surface area contributed by atoms with Gasteiger partial charge in [-0.2, -0.15) is 0 Å². The number of hydrogen-bond acceptors (Lipinski definition) is 1. The summed E-state index contributed by atoms with van der Waals surface area (Å²) in [5.74, 6) is 0. The lowest BCUT2D eigenvalue weighted by atomic mass is 10.0. The molecular formula is C15H11IS. The van der Waals surface area contributed by atoms with Gasteiger partial charge in [-0.15, -0.1) is 11.3 Å². The molecule has 17 heavy (non-hydrogen) atoms. The highest BCUT2D eigenvalue weighted by atomic mass is 127. The van der Waals surface area contributed by atoms with E-state index in [2.05, 4.69) is 77.4 Å². The number of thiophene rings is 1. The summed E-state index contributed by atoms with van der Waals surface area (Å²) in [6.07, 6.45) is 0. The number of aryl methyl sites for hydroxylation is 1. The number of hydrogen-bond donors (Lipinski definition) is 0. The molecule has 0 unspecified atom stereocenters. The molecule has 0 N–H and O–H groups in total. The summed E-state index contributed by atoms with van der Waals surface area (Å²) in [5.41, 5.74) is 3.90. The van der Waals surface area contributed by atoms with E-state index >= 15 is 0 Å². The highest BCUT2D eigenvalue weighted by molar-refractivity contribution is 14.1. The minimum absolute atomic E-state index is 1.29. The van der Waals surface area contributed by atoms with Gasteiger partial charge in [0.25, 0.3) is 0 Å². The predicted octanol–water partition coefficient (Wildman–Crippen LogP) is 5.48. The van der Waals surface area contributed by atoms with Crippen LogP contribution in [0.5, 0.6) is 0 Å². The minimum Gasteiger partial charge on any atom is -0.143 e. The van der Waals surface area contributed by atoms with Gasteiger partial charge in [0, 0.05) is 19.0 Å². The van der Waals surface area contributed by atoms with E-state index in [9.17, 15) is 0 Å². The molecule has 0 bridgehead atoms. The van der Waals surface area contributed by atoms with Gasteiger partial charge in [0.05, 0.1) is 0 Å². The summed E-state index contributed by atoms with van der Waals surface area (Å²) in [6.45, 7) is 2.12. The molecule has 0 atom stereocenters. The SMILES string of the molecule is Cc1ccc(-c2ccc3scc(I)c3c2)cc1. The molecule has 0 spiro atoms. The molecule has 1 heterocycles. The van der Waals surface area contributed by atoms with E-state index in [0.717, 1.165) is 0 Å². The van der Waals surface area contributed by atoms with Crippen molar-refractivity contribution in [3.05, 3.63) is 57.0 Å². The first-order valence-corrected chi connectivity index (χ1v) is 7.44. The summed E-state index contributed by atoms with van der Waals surface area (Å²) in [5, 5.41) is 3.58. The summed E-state index contributed by atoms with van der Waals surface area (Å²) < 4.78 is 2.71. The van der Waals surface area contributed by atoms with Gasteiger partial charge in [-0.25, -0.2) is 0 Å². The fourth-order valence-corrected chi connectivity index (χ4v) is 3.73. The number of halogens is 1. The molecule has 0 fully saturated rings. The van der Waals surface area contributed by atoms with E-state index in [1.54, 1.807) is 0 Å². The molecule has 0 aliphatic heterocycles. The minimum atomic E-state index is 1.29. The molecule has 0 radical (unpaired) electrons. The second-order valence-electron chi connectivity index (χ2n) is 4.16. The van der Waals surface area contributed by atoms with Crippen LogP contribution in [-0.2, 0) is 0 Å². The number of fused-ring (bicyclic) bond motifs is 1. The maximum absolute atomic E-state index is 2.41. The van der Waals surface area contributed by atoms with Crippen molar-refractivity contribution in [1.29, 1.82) is 0 Å². The van der Waals surface area contributed by atoms with Gasteiger partial charge in [0.1, 0.15) is 0 Å². The topological polar surface area (TPSA) is 0 Å². The van der Waals surface area contributed by atoms with Crippen LogP contribution in [0.4, 0.5) is 0 Å². The Balaban J connectivity index is 2.17. The summed E-state index contributed by atoms with van der Waals surface area (Å²) in [7, 11) is 0. The van der Waals surface area contributed by atoms with Crippen molar-refractivity contribution < 1.29 is 0 Å². The van der Waals surface area contributed by atoms with Crippen LogP contribution >= 0.6 is 33.9 Å². The van der Waals surface area contributed by atoms with Crippen LogP contribution in [0.15, 0.2) is 47.8 Å². The largest absolute Gasteiger partial charge is 0.143 e. The molecule has 2 heteroatoms. The molecule has 0 amide bonds. The molecular weight excluding hydrogens is 339 g/mol. The zero-order chi connectivity index (χ0) is 11.8. The van der Waals surface area contributed by atoms with Crippen molar-refractivity contribution in [3.63, 3.8) is 0 Å². The van der Waals surface area contributed by atoms with Crippen LogP contribution in [0, 0.1) is 10.5 Å². The fraction of sp³-hybridized carbons (Fsp3) is 0.0667. The Morgan fingerprint density at radius 1 is 0.941 bits per heavy atom. The second kappa shape index (κ2) is 4.42. The van der Waals surface area contributed by atoms with E-state index in [-0.39, 0.29) is 0 Å². The molecule has 1 aromatic heterocycles. The van der Waals surface area contributed by atoms with Crippen molar-refractivity contribution in [1.82, 2.24) is 0 Å². The normalized spacial score (nSPS) is 10.9. The first-order chi connectivity index (χ1) is 8.24. The highest BCUT2D eigenvalue weighted by Gasteiger charge is 2.03. The zero-order valence-electron chi connectivity index (χ0n) is 9.41. The van der Waals surface area contributed by atoms with Gasteiger partial charge in [0.2, 0.25) is 0 Å². The average Bonchev–Trinajstić information content (AvgIpc) is 2.72. The number of rotatable bonds is 1. The maximum Gasteiger partial charge on any atom is 0.0354 e. The number of benzene rings is 2. The summed E-state index contributed by atoms with van der Waals surface area (Å²) >= 11 is 4.22. The lowest BCUT2D eigenvalue weighted by molar-refractivity contribution is 1.47. The van der Waals surface area contributed by atoms with Crippen molar-refractivity contribution in [2.75, 3.05) is 0 Å². The van der Waals surface area contributed by atoms with Crippen molar-refractivity contribution >= 4 is 44.0 Å². The van der Waals surface area contributed by atoms with Crippen molar-refractivity contribution in [2.24, 2.45) is 0 Å². The fourth-order valence-electron chi connectivity index (χ4n) is 1.92. The molecule has 3 rings (SSSR count). The third kappa shape index (κ3) is 2.11. The van der Waals surface area contributed by atoms with Gasteiger partial charge in [-0.05, 0) is 52.8 Å². The Morgan fingerprint density at radius 2 is 1.65 bits per heavy atom. The van der Waals surface area contributed by atoms with Crippen LogP contribution in [0.1, 0.15) is 5.56 Å². The van der Waals surface area contributed by atoms with Gasteiger partial charge < -0.3 is 0 Å². The molecule has 0 saturated heterocycles. The molecule has 2 aromatic carbocycles.